The van der Waals surface area contributed by atoms with Crippen LogP contribution in [0.2, 0.25) is 0 Å². The van der Waals surface area contributed by atoms with Gasteiger partial charge in [-0.2, -0.15) is 13.2 Å². The molecule has 0 aliphatic carbocycles. The minimum absolute atomic E-state index is 0.170. The van der Waals surface area contributed by atoms with Crippen molar-refractivity contribution in [2.24, 2.45) is 0 Å². The van der Waals surface area contributed by atoms with Gasteiger partial charge in [0, 0.05) is 12.1 Å². The largest absolute Gasteiger partial charge is 0.507 e. The summed E-state index contributed by atoms with van der Waals surface area (Å²) in [6, 6.07) is 3.51. The number of nitrogens with one attached hydrogen (secondary N) is 1. The van der Waals surface area contributed by atoms with Crippen LogP contribution >= 0.6 is 0 Å². The van der Waals surface area contributed by atoms with Crippen LogP contribution in [-0.4, -0.2) is 10.6 Å². The number of hydrogen-bond acceptors (Lipinski definition) is 2. The topological polar surface area (TPSA) is 32.3 Å². The van der Waals surface area contributed by atoms with Gasteiger partial charge < -0.3 is 10.4 Å². The van der Waals surface area contributed by atoms with Crippen molar-refractivity contribution in [2.75, 3.05) is 0 Å². The van der Waals surface area contributed by atoms with Crippen molar-refractivity contribution in [1.82, 2.24) is 5.32 Å². The fourth-order valence-electron chi connectivity index (χ4n) is 1.29. The molecule has 0 aliphatic heterocycles. The molecule has 0 heterocycles. The van der Waals surface area contributed by atoms with Crippen LogP contribution in [0.5, 0.6) is 5.75 Å². The molecule has 0 saturated carbocycles. The Bertz CT molecular complexity index is 394. The Morgan fingerprint density at radius 1 is 1.18 bits per heavy atom. The smallest absolute Gasteiger partial charge is 0.419 e. The summed E-state index contributed by atoms with van der Waals surface area (Å²) in [5.41, 5.74) is -0.674. The zero-order valence-electron chi connectivity index (χ0n) is 10.0. The molecule has 0 atom stereocenters. The van der Waals surface area contributed by atoms with E-state index >= 15 is 0 Å². The van der Waals surface area contributed by atoms with Crippen molar-refractivity contribution in [2.45, 2.75) is 39.0 Å². The number of rotatable bonds is 2. The maximum absolute atomic E-state index is 12.5. The third-order valence-corrected chi connectivity index (χ3v) is 2.19. The molecule has 0 saturated heterocycles. The van der Waals surface area contributed by atoms with E-state index in [-0.39, 0.29) is 5.54 Å². The van der Waals surface area contributed by atoms with Crippen LogP contribution in [0.4, 0.5) is 13.2 Å². The third-order valence-electron chi connectivity index (χ3n) is 2.19. The lowest BCUT2D eigenvalue weighted by molar-refractivity contribution is -0.138. The lowest BCUT2D eigenvalue weighted by Crippen LogP contribution is -2.35. The Morgan fingerprint density at radius 2 is 1.76 bits per heavy atom. The maximum Gasteiger partial charge on any atom is 0.419 e. The van der Waals surface area contributed by atoms with E-state index in [1.54, 1.807) is 0 Å². The summed E-state index contributed by atoms with van der Waals surface area (Å²) in [6.07, 6.45) is -4.53. The molecule has 1 rings (SSSR count). The molecular formula is C12H16F3NO. The Morgan fingerprint density at radius 3 is 2.24 bits per heavy atom. The van der Waals surface area contributed by atoms with Crippen molar-refractivity contribution >= 4 is 0 Å². The molecule has 0 spiro atoms. The summed E-state index contributed by atoms with van der Waals surface area (Å²) in [5, 5.41) is 12.2. The van der Waals surface area contributed by atoms with Crippen LogP contribution in [0.1, 0.15) is 31.9 Å². The molecule has 0 fully saturated rings. The van der Waals surface area contributed by atoms with Crippen LogP contribution in [0.25, 0.3) is 0 Å². The van der Waals surface area contributed by atoms with Gasteiger partial charge >= 0.3 is 6.18 Å². The van der Waals surface area contributed by atoms with Gasteiger partial charge in [0.15, 0.2) is 0 Å². The van der Waals surface area contributed by atoms with E-state index in [1.807, 2.05) is 20.8 Å². The van der Waals surface area contributed by atoms with E-state index in [4.69, 9.17) is 5.11 Å². The Kier molecular flexibility index (Phi) is 3.71. The van der Waals surface area contributed by atoms with Crippen LogP contribution in [0, 0.1) is 0 Å². The number of phenols is 1. The number of hydrogen-bond donors (Lipinski definition) is 2. The molecule has 17 heavy (non-hydrogen) atoms. The Balaban J connectivity index is 2.90. The summed E-state index contributed by atoms with van der Waals surface area (Å²) in [4.78, 5) is 0. The first-order valence-electron chi connectivity index (χ1n) is 5.24. The van der Waals surface area contributed by atoms with Crippen molar-refractivity contribution in [3.05, 3.63) is 29.3 Å². The van der Waals surface area contributed by atoms with Crippen molar-refractivity contribution in [1.29, 1.82) is 0 Å². The monoisotopic (exact) mass is 247 g/mol. The van der Waals surface area contributed by atoms with Gasteiger partial charge in [0.25, 0.3) is 0 Å². The zero-order chi connectivity index (χ0) is 13.3. The number of halogens is 3. The van der Waals surface area contributed by atoms with E-state index in [0.717, 1.165) is 12.1 Å². The molecule has 96 valence electrons. The first kappa shape index (κ1) is 13.8. The fraction of sp³-hybridized carbons (Fsp3) is 0.500. The van der Waals surface area contributed by atoms with E-state index < -0.39 is 17.5 Å². The number of aromatic hydroxyl groups is 1. The quantitative estimate of drug-likeness (QED) is 0.840. The van der Waals surface area contributed by atoms with Crippen LogP contribution in [-0.2, 0) is 12.7 Å². The van der Waals surface area contributed by atoms with E-state index in [2.05, 4.69) is 5.32 Å². The standard InChI is InChI=1S/C12H16F3NO/c1-11(2,3)16-7-8-4-5-10(17)9(6-8)12(13,14)15/h4-6,16-17H,7H2,1-3H3. The summed E-state index contributed by atoms with van der Waals surface area (Å²) >= 11 is 0. The highest BCUT2D eigenvalue weighted by Gasteiger charge is 2.33. The molecular weight excluding hydrogens is 231 g/mol. The van der Waals surface area contributed by atoms with Gasteiger partial charge in [-0.05, 0) is 38.5 Å². The summed E-state index contributed by atoms with van der Waals surface area (Å²) < 4.78 is 37.6. The van der Waals surface area contributed by atoms with Gasteiger partial charge in [-0.15, -0.1) is 0 Å². The first-order valence-corrected chi connectivity index (χ1v) is 5.24. The Labute approximate surface area is 98.5 Å². The van der Waals surface area contributed by atoms with Gasteiger partial charge in [-0.3, -0.25) is 0 Å². The van der Waals surface area contributed by atoms with Crippen LogP contribution in [0.3, 0.4) is 0 Å². The van der Waals surface area contributed by atoms with E-state index in [1.165, 1.54) is 6.07 Å². The first-order chi connectivity index (χ1) is 7.59. The number of benzene rings is 1. The van der Waals surface area contributed by atoms with Crippen LogP contribution < -0.4 is 5.32 Å². The van der Waals surface area contributed by atoms with Gasteiger partial charge in [-0.1, -0.05) is 6.07 Å². The summed E-state index contributed by atoms with van der Waals surface area (Å²) in [6.45, 7) is 6.11. The second-order valence-corrected chi connectivity index (χ2v) is 4.95. The lowest BCUT2D eigenvalue weighted by atomic mass is 10.1. The lowest BCUT2D eigenvalue weighted by Gasteiger charge is -2.21. The predicted octanol–water partition coefficient (Wildman–Crippen LogP) is 3.30. The van der Waals surface area contributed by atoms with E-state index in [9.17, 15) is 13.2 Å². The van der Waals surface area contributed by atoms with Crippen molar-refractivity contribution in [3.8, 4) is 5.75 Å². The molecule has 0 aliphatic rings. The van der Waals surface area contributed by atoms with Crippen molar-refractivity contribution < 1.29 is 18.3 Å². The summed E-state index contributed by atoms with van der Waals surface area (Å²) in [5.74, 6) is -0.739. The average Bonchev–Trinajstić information content (AvgIpc) is 2.13. The number of phenolic OH excluding ortho intramolecular Hbond substituents is 1. The maximum atomic E-state index is 12.5. The van der Waals surface area contributed by atoms with Gasteiger partial charge in [0.2, 0.25) is 0 Å². The minimum Gasteiger partial charge on any atom is -0.507 e. The SMILES string of the molecule is CC(C)(C)NCc1ccc(O)c(C(F)(F)F)c1. The van der Waals surface area contributed by atoms with Gasteiger partial charge in [0.1, 0.15) is 5.75 Å². The molecule has 1 aromatic rings. The molecule has 2 N–H and O–H groups in total. The average molecular weight is 247 g/mol. The van der Waals surface area contributed by atoms with Gasteiger partial charge in [0.05, 0.1) is 5.56 Å². The zero-order valence-corrected chi connectivity index (χ0v) is 10.0. The normalized spacial score (nSPS) is 12.8. The molecule has 1 aromatic carbocycles. The van der Waals surface area contributed by atoms with Gasteiger partial charge in [-0.25, -0.2) is 0 Å². The molecule has 2 nitrogen and oxygen atoms in total. The van der Waals surface area contributed by atoms with Crippen molar-refractivity contribution in [3.63, 3.8) is 0 Å². The molecule has 0 radical (unpaired) electrons. The fourth-order valence-corrected chi connectivity index (χ4v) is 1.29. The predicted molar refractivity (Wildman–Crippen MR) is 59.7 cm³/mol. The Hall–Kier alpha value is -1.23. The summed E-state index contributed by atoms with van der Waals surface area (Å²) in [7, 11) is 0. The van der Waals surface area contributed by atoms with E-state index in [0.29, 0.717) is 12.1 Å². The number of alkyl halides is 3. The highest BCUT2D eigenvalue weighted by molar-refractivity contribution is 5.38. The highest BCUT2D eigenvalue weighted by atomic mass is 19.4. The molecule has 5 heteroatoms. The minimum atomic E-state index is -4.53. The third kappa shape index (κ3) is 4.26. The molecule has 0 unspecified atom stereocenters. The molecule has 0 aromatic heterocycles. The second-order valence-electron chi connectivity index (χ2n) is 4.95. The molecule has 0 amide bonds. The second kappa shape index (κ2) is 4.56. The molecule has 0 bridgehead atoms. The highest BCUT2D eigenvalue weighted by Crippen LogP contribution is 2.36. The van der Waals surface area contributed by atoms with Crippen LogP contribution in [0.15, 0.2) is 18.2 Å².